The van der Waals surface area contributed by atoms with E-state index in [-0.39, 0.29) is 0 Å². The summed E-state index contributed by atoms with van der Waals surface area (Å²) in [6, 6.07) is 0. The van der Waals surface area contributed by atoms with Crippen molar-refractivity contribution >= 4 is 5.71 Å². The molecule has 1 aliphatic rings. The smallest absolute Gasteiger partial charge is 0.0585 e. The van der Waals surface area contributed by atoms with Crippen molar-refractivity contribution in [3.8, 4) is 0 Å². The van der Waals surface area contributed by atoms with Crippen LogP contribution >= 0.6 is 0 Å². The molecule has 0 saturated carbocycles. The highest BCUT2D eigenvalue weighted by atomic mass is 15.1. The molecular weight excluding hydrogens is 136 g/mol. The van der Waals surface area contributed by atoms with E-state index in [4.69, 9.17) is 0 Å². The minimum atomic E-state index is 0.950. The molecule has 2 nitrogen and oxygen atoms in total. The first-order chi connectivity index (χ1) is 5.27. The zero-order valence-electron chi connectivity index (χ0n) is 7.17. The number of likely N-dealkylation sites (N-methyl/N-ethyl adjacent to an activating group) is 1. The Bertz CT molecular complexity index is 214. The van der Waals surface area contributed by atoms with Crippen LogP contribution in [0.15, 0.2) is 29.4 Å². The van der Waals surface area contributed by atoms with Crippen molar-refractivity contribution in [3.05, 3.63) is 24.4 Å². The Hall–Kier alpha value is -0.890. The number of aliphatic imine (C=N–C) groups is 1. The van der Waals surface area contributed by atoms with Crippen molar-refractivity contribution in [2.45, 2.75) is 6.92 Å². The summed E-state index contributed by atoms with van der Waals surface area (Å²) in [7, 11) is 2.09. The molecule has 0 aromatic heterocycles. The number of likely N-dealkylation sites (tertiary alicyclic amines) is 1. The molecule has 0 radical (unpaired) electrons. The SMILES string of the molecule is C=C/N=C1/CN(C)C/C1=C/C. The molecule has 0 N–H and O–H groups in total. The van der Waals surface area contributed by atoms with Crippen molar-refractivity contribution < 1.29 is 0 Å². The van der Waals surface area contributed by atoms with Crippen molar-refractivity contribution in [1.29, 1.82) is 0 Å². The van der Waals surface area contributed by atoms with Crippen LogP contribution in [0, 0.1) is 0 Å². The van der Waals surface area contributed by atoms with Crippen LogP contribution in [-0.2, 0) is 0 Å². The van der Waals surface area contributed by atoms with Crippen molar-refractivity contribution in [1.82, 2.24) is 4.90 Å². The van der Waals surface area contributed by atoms with Gasteiger partial charge in [0.1, 0.15) is 0 Å². The lowest BCUT2D eigenvalue weighted by Crippen LogP contribution is -2.13. The molecule has 60 valence electrons. The summed E-state index contributed by atoms with van der Waals surface area (Å²) in [5.74, 6) is 0. The third-order valence-electron chi connectivity index (χ3n) is 1.83. The molecule has 11 heavy (non-hydrogen) atoms. The maximum Gasteiger partial charge on any atom is 0.0585 e. The van der Waals surface area contributed by atoms with Crippen LogP contribution in [0.5, 0.6) is 0 Å². The summed E-state index contributed by atoms with van der Waals surface area (Å²) in [6.07, 6.45) is 3.73. The number of hydrogen-bond donors (Lipinski definition) is 0. The Morgan fingerprint density at radius 1 is 1.55 bits per heavy atom. The molecule has 0 spiro atoms. The third kappa shape index (κ3) is 1.77. The highest BCUT2D eigenvalue weighted by Crippen LogP contribution is 2.10. The summed E-state index contributed by atoms with van der Waals surface area (Å²) in [5, 5.41) is 0. The van der Waals surface area contributed by atoms with E-state index >= 15 is 0 Å². The molecule has 0 aromatic rings. The van der Waals surface area contributed by atoms with Gasteiger partial charge in [-0.1, -0.05) is 12.7 Å². The van der Waals surface area contributed by atoms with Gasteiger partial charge < -0.3 is 0 Å². The molecule has 1 heterocycles. The summed E-state index contributed by atoms with van der Waals surface area (Å²) in [6.45, 7) is 7.60. The molecule has 0 atom stereocenters. The van der Waals surface area contributed by atoms with Gasteiger partial charge in [-0.2, -0.15) is 0 Å². The van der Waals surface area contributed by atoms with Gasteiger partial charge in [0.25, 0.3) is 0 Å². The van der Waals surface area contributed by atoms with Crippen LogP contribution in [0.4, 0.5) is 0 Å². The second-order valence-electron chi connectivity index (χ2n) is 2.74. The normalized spacial score (nSPS) is 26.7. The number of nitrogens with zero attached hydrogens (tertiary/aromatic N) is 2. The van der Waals surface area contributed by atoms with Crippen LogP contribution in [0.1, 0.15) is 6.92 Å². The first kappa shape index (κ1) is 8.21. The minimum Gasteiger partial charge on any atom is -0.296 e. The van der Waals surface area contributed by atoms with Crippen LogP contribution < -0.4 is 0 Å². The lowest BCUT2D eigenvalue weighted by molar-refractivity contribution is 0.445. The molecule has 0 amide bonds. The molecule has 1 saturated heterocycles. The topological polar surface area (TPSA) is 15.6 Å². The van der Waals surface area contributed by atoms with Gasteiger partial charge >= 0.3 is 0 Å². The summed E-state index contributed by atoms with van der Waals surface area (Å²) >= 11 is 0. The molecule has 0 bridgehead atoms. The first-order valence-electron chi connectivity index (χ1n) is 3.79. The zero-order valence-corrected chi connectivity index (χ0v) is 7.17. The number of allylic oxidation sites excluding steroid dienone is 1. The second kappa shape index (κ2) is 3.49. The fourth-order valence-corrected chi connectivity index (χ4v) is 1.29. The van der Waals surface area contributed by atoms with E-state index < -0.39 is 0 Å². The number of hydrogen-bond acceptors (Lipinski definition) is 2. The van der Waals surface area contributed by atoms with Gasteiger partial charge in [-0.05, 0) is 19.5 Å². The van der Waals surface area contributed by atoms with Gasteiger partial charge in [0, 0.05) is 19.3 Å². The van der Waals surface area contributed by atoms with Crippen LogP contribution in [0.25, 0.3) is 0 Å². The van der Waals surface area contributed by atoms with Crippen LogP contribution in [0.3, 0.4) is 0 Å². The zero-order chi connectivity index (χ0) is 8.27. The van der Waals surface area contributed by atoms with Gasteiger partial charge in [-0.3, -0.25) is 9.89 Å². The average Bonchev–Trinajstić information content (AvgIpc) is 2.32. The van der Waals surface area contributed by atoms with E-state index in [9.17, 15) is 0 Å². The van der Waals surface area contributed by atoms with E-state index in [2.05, 4.69) is 29.6 Å². The molecule has 1 rings (SSSR count). The van der Waals surface area contributed by atoms with E-state index in [0.29, 0.717) is 0 Å². The fraction of sp³-hybridized carbons (Fsp3) is 0.444. The molecule has 2 heteroatoms. The lowest BCUT2D eigenvalue weighted by atomic mass is 10.2. The number of rotatable bonds is 1. The van der Waals surface area contributed by atoms with E-state index in [1.54, 1.807) is 6.20 Å². The predicted octanol–water partition coefficient (Wildman–Crippen LogP) is 1.46. The van der Waals surface area contributed by atoms with Crippen molar-refractivity contribution in [3.63, 3.8) is 0 Å². The quantitative estimate of drug-likeness (QED) is 0.552. The molecule has 1 fully saturated rings. The molecule has 1 aliphatic heterocycles. The molecule has 0 unspecified atom stereocenters. The molecular formula is C9H14N2. The third-order valence-corrected chi connectivity index (χ3v) is 1.83. The van der Waals surface area contributed by atoms with Gasteiger partial charge in [0.05, 0.1) is 5.71 Å². The van der Waals surface area contributed by atoms with Crippen LogP contribution in [-0.4, -0.2) is 30.7 Å². The Labute approximate surface area is 67.9 Å². The van der Waals surface area contributed by atoms with Gasteiger partial charge in [-0.15, -0.1) is 0 Å². The molecule has 0 aliphatic carbocycles. The monoisotopic (exact) mass is 150 g/mol. The summed E-state index contributed by atoms with van der Waals surface area (Å²) in [4.78, 5) is 6.43. The van der Waals surface area contributed by atoms with E-state index in [1.165, 1.54) is 5.57 Å². The van der Waals surface area contributed by atoms with Crippen molar-refractivity contribution in [2.75, 3.05) is 20.1 Å². The Morgan fingerprint density at radius 2 is 2.27 bits per heavy atom. The minimum absolute atomic E-state index is 0.950. The van der Waals surface area contributed by atoms with Gasteiger partial charge in [0.15, 0.2) is 0 Å². The molecule has 0 aromatic carbocycles. The summed E-state index contributed by atoms with van der Waals surface area (Å²) < 4.78 is 0. The maximum absolute atomic E-state index is 4.20. The standard InChI is InChI=1S/C9H14N2/c1-4-8-6-11(3)7-9(8)10-5-2/h4-5H,2,6-7H2,1,3H3/b8-4-,10-9-. The first-order valence-corrected chi connectivity index (χ1v) is 3.79. The average molecular weight is 150 g/mol. The summed E-state index contributed by atoms with van der Waals surface area (Å²) in [5.41, 5.74) is 2.48. The maximum atomic E-state index is 4.20. The highest BCUT2D eigenvalue weighted by molar-refractivity contribution is 6.04. The van der Waals surface area contributed by atoms with E-state index in [0.717, 1.165) is 18.8 Å². The predicted molar refractivity (Wildman–Crippen MR) is 48.9 cm³/mol. The Kier molecular flexibility index (Phi) is 2.60. The van der Waals surface area contributed by atoms with Crippen molar-refractivity contribution in [2.24, 2.45) is 4.99 Å². The highest BCUT2D eigenvalue weighted by Gasteiger charge is 2.17. The lowest BCUT2D eigenvalue weighted by Gasteiger charge is -2.00. The largest absolute Gasteiger partial charge is 0.296 e. The van der Waals surface area contributed by atoms with Gasteiger partial charge in [0.2, 0.25) is 0 Å². The fourth-order valence-electron chi connectivity index (χ4n) is 1.29. The Morgan fingerprint density at radius 3 is 2.82 bits per heavy atom. The van der Waals surface area contributed by atoms with E-state index in [1.807, 2.05) is 6.92 Å². The Balaban J connectivity index is 2.81. The second-order valence-corrected chi connectivity index (χ2v) is 2.74. The van der Waals surface area contributed by atoms with Gasteiger partial charge in [-0.25, -0.2) is 0 Å². The van der Waals surface area contributed by atoms with Crippen LogP contribution in [0.2, 0.25) is 0 Å².